The van der Waals surface area contributed by atoms with Gasteiger partial charge in [-0.3, -0.25) is 14.6 Å². The van der Waals surface area contributed by atoms with Gasteiger partial charge in [0.05, 0.1) is 6.54 Å². The monoisotopic (exact) mass is 405 g/mol. The molecule has 27 heavy (non-hydrogen) atoms. The first kappa shape index (κ1) is 20.2. The quantitative estimate of drug-likeness (QED) is 0.801. The molecule has 0 bridgehead atoms. The first-order valence-corrected chi connectivity index (χ1v) is 9.92. The summed E-state index contributed by atoms with van der Waals surface area (Å²) in [5.41, 5.74) is 4.24. The highest BCUT2D eigenvalue weighted by molar-refractivity contribution is 6.35. The van der Waals surface area contributed by atoms with E-state index in [9.17, 15) is 4.79 Å². The Morgan fingerprint density at radius 3 is 2.22 bits per heavy atom. The number of nitrogens with zero attached hydrogens (tertiary/aromatic N) is 2. The Bertz CT molecular complexity index is 797. The third kappa shape index (κ3) is 5.45. The van der Waals surface area contributed by atoms with Crippen LogP contribution in [0, 0.1) is 13.8 Å². The molecule has 0 aromatic heterocycles. The van der Waals surface area contributed by atoms with Crippen LogP contribution in [-0.2, 0) is 11.3 Å². The molecule has 1 aliphatic heterocycles. The molecule has 0 aliphatic carbocycles. The minimum Gasteiger partial charge on any atom is -0.325 e. The van der Waals surface area contributed by atoms with Crippen LogP contribution < -0.4 is 5.32 Å². The van der Waals surface area contributed by atoms with Crippen molar-refractivity contribution in [3.05, 3.63) is 63.1 Å². The van der Waals surface area contributed by atoms with Gasteiger partial charge in [0.25, 0.3) is 0 Å². The summed E-state index contributed by atoms with van der Waals surface area (Å²) in [5.74, 6) is 0.0286. The summed E-state index contributed by atoms with van der Waals surface area (Å²) in [6, 6.07) is 11.6. The Hall–Kier alpha value is -1.59. The van der Waals surface area contributed by atoms with E-state index in [2.05, 4.69) is 29.0 Å². The molecule has 1 aliphatic rings. The lowest BCUT2D eigenvalue weighted by molar-refractivity contribution is -0.117. The van der Waals surface area contributed by atoms with E-state index < -0.39 is 0 Å². The maximum atomic E-state index is 12.3. The first-order chi connectivity index (χ1) is 12.9. The molecule has 6 heteroatoms. The first-order valence-electron chi connectivity index (χ1n) is 9.17. The molecule has 4 nitrogen and oxygen atoms in total. The number of aryl methyl sites for hydroxylation is 2. The van der Waals surface area contributed by atoms with Crippen molar-refractivity contribution < 1.29 is 4.79 Å². The van der Waals surface area contributed by atoms with E-state index in [1.165, 1.54) is 11.1 Å². The molecule has 0 unspecified atom stereocenters. The average molecular weight is 406 g/mol. The van der Waals surface area contributed by atoms with Gasteiger partial charge in [-0.25, -0.2) is 0 Å². The van der Waals surface area contributed by atoms with Crippen molar-refractivity contribution in [2.75, 3.05) is 38.0 Å². The summed E-state index contributed by atoms with van der Waals surface area (Å²) in [5, 5.41) is 4.41. The Kier molecular flexibility index (Phi) is 6.77. The van der Waals surface area contributed by atoms with Crippen LogP contribution in [0.5, 0.6) is 0 Å². The third-order valence-electron chi connectivity index (χ3n) is 5.07. The Morgan fingerprint density at radius 2 is 1.59 bits per heavy atom. The van der Waals surface area contributed by atoms with Crippen LogP contribution in [0.1, 0.15) is 16.7 Å². The molecule has 144 valence electrons. The lowest BCUT2D eigenvalue weighted by Gasteiger charge is -2.34. The normalized spacial score (nSPS) is 15.7. The highest BCUT2D eigenvalue weighted by Gasteiger charge is 2.20. The summed E-state index contributed by atoms with van der Waals surface area (Å²) < 4.78 is 0. The minimum atomic E-state index is 0.0286. The van der Waals surface area contributed by atoms with Gasteiger partial charge in [-0.1, -0.05) is 35.3 Å². The van der Waals surface area contributed by atoms with Crippen molar-refractivity contribution in [3.63, 3.8) is 0 Å². The Morgan fingerprint density at radius 1 is 0.963 bits per heavy atom. The number of carbonyl (C=O) groups excluding carboxylic acids is 1. The molecule has 0 spiro atoms. The number of rotatable bonds is 5. The number of amides is 1. The second kappa shape index (κ2) is 9.07. The van der Waals surface area contributed by atoms with Crippen LogP contribution in [-0.4, -0.2) is 48.4 Å². The SMILES string of the molecule is Cc1ccc(NC(=O)CN2CCN(Cc3c(Cl)cccc3Cl)CC2)cc1C. The number of halogens is 2. The van der Waals surface area contributed by atoms with Crippen molar-refractivity contribution in [2.45, 2.75) is 20.4 Å². The van der Waals surface area contributed by atoms with Crippen LogP contribution in [0.3, 0.4) is 0 Å². The number of carbonyl (C=O) groups is 1. The predicted octanol–water partition coefficient (Wildman–Crippen LogP) is 4.37. The molecule has 1 N–H and O–H groups in total. The van der Waals surface area contributed by atoms with Gasteiger partial charge in [0.2, 0.25) is 5.91 Å². The number of hydrogen-bond donors (Lipinski definition) is 1. The number of benzene rings is 2. The van der Waals surface area contributed by atoms with Crippen molar-refractivity contribution >= 4 is 34.8 Å². The Labute approximate surface area is 171 Å². The largest absolute Gasteiger partial charge is 0.325 e. The second-order valence-electron chi connectivity index (χ2n) is 7.10. The molecule has 2 aromatic rings. The molecule has 1 saturated heterocycles. The lowest BCUT2D eigenvalue weighted by atomic mass is 10.1. The molecule has 0 saturated carbocycles. The van der Waals surface area contributed by atoms with E-state index in [4.69, 9.17) is 23.2 Å². The fraction of sp³-hybridized carbons (Fsp3) is 0.381. The smallest absolute Gasteiger partial charge is 0.238 e. The highest BCUT2D eigenvalue weighted by atomic mass is 35.5. The summed E-state index contributed by atoms with van der Waals surface area (Å²) in [7, 11) is 0. The van der Waals surface area contributed by atoms with E-state index in [0.29, 0.717) is 16.6 Å². The average Bonchev–Trinajstić information content (AvgIpc) is 2.63. The highest BCUT2D eigenvalue weighted by Crippen LogP contribution is 2.26. The number of nitrogens with one attached hydrogen (secondary N) is 1. The Balaban J connectivity index is 1.47. The van der Waals surface area contributed by atoms with E-state index in [1.54, 1.807) is 0 Å². The maximum absolute atomic E-state index is 12.3. The van der Waals surface area contributed by atoms with Gasteiger partial charge >= 0.3 is 0 Å². The summed E-state index contributed by atoms with van der Waals surface area (Å²) >= 11 is 12.5. The van der Waals surface area contributed by atoms with Crippen LogP contribution in [0.15, 0.2) is 36.4 Å². The van der Waals surface area contributed by atoms with Gasteiger partial charge in [-0.2, -0.15) is 0 Å². The van der Waals surface area contributed by atoms with E-state index >= 15 is 0 Å². The van der Waals surface area contributed by atoms with E-state index in [0.717, 1.165) is 44.0 Å². The molecule has 0 radical (unpaired) electrons. The van der Waals surface area contributed by atoms with E-state index in [1.807, 2.05) is 36.4 Å². The summed E-state index contributed by atoms with van der Waals surface area (Å²) in [6.45, 7) is 8.74. The van der Waals surface area contributed by atoms with Crippen LogP contribution in [0.2, 0.25) is 10.0 Å². The second-order valence-corrected chi connectivity index (χ2v) is 7.91. The summed E-state index contributed by atoms with van der Waals surface area (Å²) in [4.78, 5) is 16.8. The van der Waals surface area contributed by atoms with Crippen molar-refractivity contribution in [1.82, 2.24) is 9.80 Å². The topological polar surface area (TPSA) is 35.6 Å². The molecule has 1 heterocycles. The van der Waals surface area contributed by atoms with Crippen LogP contribution >= 0.6 is 23.2 Å². The van der Waals surface area contributed by atoms with Crippen molar-refractivity contribution in [3.8, 4) is 0 Å². The van der Waals surface area contributed by atoms with Gasteiger partial charge < -0.3 is 5.32 Å². The number of hydrogen-bond acceptors (Lipinski definition) is 3. The molecule has 2 aromatic carbocycles. The molecular formula is C21H25Cl2N3O. The predicted molar refractivity (Wildman–Crippen MR) is 113 cm³/mol. The fourth-order valence-electron chi connectivity index (χ4n) is 3.24. The van der Waals surface area contributed by atoms with Gasteiger partial charge in [-0.05, 0) is 49.2 Å². The van der Waals surface area contributed by atoms with Gasteiger partial charge in [0.15, 0.2) is 0 Å². The minimum absolute atomic E-state index is 0.0286. The molecule has 3 rings (SSSR count). The molecule has 1 amide bonds. The van der Waals surface area contributed by atoms with Gasteiger partial charge in [0.1, 0.15) is 0 Å². The fourth-order valence-corrected chi connectivity index (χ4v) is 3.75. The number of piperazine rings is 1. The zero-order valence-corrected chi connectivity index (χ0v) is 17.3. The van der Waals surface area contributed by atoms with Crippen LogP contribution in [0.4, 0.5) is 5.69 Å². The zero-order valence-electron chi connectivity index (χ0n) is 15.8. The van der Waals surface area contributed by atoms with Crippen LogP contribution in [0.25, 0.3) is 0 Å². The summed E-state index contributed by atoms with van der Waals surface area (Å²) in [6.07, 6.45) is 0. The van der Waals surface area contributed by atoms with Crippen molar-refractivity contribution in [1.29, 1.82) is 0 Å². The zero-order chi connectivity index (χ0) is 19.4. The standard InChI is InChI=1S/C21H25Cl2N3O/c1-15-6-7-17(12-16(15)2)24-21(27)14-26-10-8-25(9-11-26)13-18-19(22)4-3-5-20(18)23/h3-7,12H,8-11,13-14H2,1-2H3,(H,24,27). The van der Waals surface area contributed by atoms with Crippen molar-refractivity contribution in [2.24, 2.45) is 0 Å². The third-order valence-corrected chi connectivity index (χ3v) is 5.77. The maximum Gasteiger partial charge on any atom is 0.238 e. The lowest BCUT2D eigenvalue weighted by Crippen LogP contribution is -2.48. The number of anilines is 1. The van der Waals surface area contributed by atoms with Gasteiger partial charge in [-0.15, -0.1) is 0 Å². The van der Waals surface area contributed by atoms with Gasteiger partial charge in [0, 0.05) is 54.0 Å². The molecule has 1 fully saturated rings. The van der Waals surface area contributed by atoms with E-state index in [-0.39, 0.29) is 5.91 Å². The molecule has 0 atom stereocenters. The molecular weight excluding hydrogens is 381 g/mol.